The van der Waals surface area contributed by atoms with Crippen LogP contribution >= 0.6 is 0 Å². The summed E-state index contributed by atoms with van der Waals surface area (Å²) in [5.74, 6) is -1.91. The molecule has 2 N–H and O–H groups in total. The van der Waals surface area contributed by atoms with Crippen molar-refractivity contribution in [3.63, 3.8) is 0 Å². The molecule has 1 fully saturated rings. The number of ether oxygens (including phenoxy) is 1. The lowest BCUT2D eigenvalue weighted by Crippen LogP contribution is -2.58. The van der Waals surface area contributed by atoms with Crippen LogP contribution in [-0.4, -0.2) is 54.2 Å². The summed E-state index contributed by atoms with van der Waals surface area (Å²) in [5, 5.41) is -1.18. The normalized spacial score (nSPS) is 28.0. The Hall–Kier alpha value is -3.02. The first-order chi connectivity index (χ1) is 16.1. The summed E-state index contributed by atoms with van der Waals surface area (Å²) < 4.78 is 85.0. The van der Waals surface area contributed by atoms with Crippen molar-refractivity contribution < 1.29 is 30.7 Å². The van der Waals surface area contributed by atoms with Gasteiger partial charge in [-0.1, -0.05) is 6.07 Å². The molecule has 1 aromatic carbocycles. The molecular formula is C22H22F4N4O3S. The minimum absolute atomic E-state index is 0.0288. The van der Waals surface area contributed by atoms with Gasteiger partial charge in [0, 0.05) is 5.56 Å². The number of alkyl halides is 2. The number of nitrogens with zero attached hydrogens (tertiary/aromatic N) is 3. The minimum atomic E-state index is -4.09. The number of sulfone groups is 1. The number of halogens is 4. The van der Waals surface area contributed by atoms with E-state index < -0.39 is 50.4 Å². The van der Waals surface area contributed by atoms with Gasteiger partial charge in [0.1, 0.15) is 42.8 Å². The fourth-order valence-electron chi connectivity index (χ4n) is 4.56. The van der Waals surface area contributed by atoms with E-state index in [0.29, 0.717) is 0 Å². The number of fused-ring (bicyclic) bond motifs is 2. The average molecular weight is 499 g/mol. The number of amidine groups is 1. The van der Waals surface area contributed by atoms with E-state index in [1.165, 1.54) is 19.1 Å². The summed E-state index contributed by atoms with van der Waals surface area (Å²) in [4.78, 5) is 12.0. The van der Waals surface area contributed by atoms with Crippen LogP contribution in [0.15, 0.2) is 35.6 Å². The predicted octanol–water partition coefficient (Wildman–Crippen LogP) is 3.30. The molecule has 2 aliphatic rings. The number of hydrogen-bond acceptors (Lipinski definition) is 7. The Morgan fingerprint density at radius 1 is 1.29 bits per heavy atom. The largest absolute Gasteiger partial charge is 0.474 e. The molecule has 0 spiro atoms. The lowest BCUT2D eigenvalue weighted by Gasteiger charge is -2.39. The summed E-state index contributed by atoms with van der Waals surface area (Å²) in [6, 6.07) is 3.66. The standard InChI is InChI=1S/C22H22F4N4O3S/c1-21(18-4-5-22(12-24,20(27)30-21)34(18,31)32)14-8-13(2-3-15(14)25)9-16(26)17-10-29-19(11-28-17)33-7-6-23/h2-3,8-11,18H,4-7,12H2,1H3,(H2,27,30)/b16-9-/t18-,21+,22-/m0/s1. The number of rotatable bonds is 7. The van der Waals surface area contributed by atoms with Crippen molar-refractivity contribution in [2.24, 2.45) is 10.7 Å². The highest BCUT2D eigenvalue weighted by Crippen LogP contribution is 2.51. The summed E-state index contributed by atoms with van der Waals surface area (Å²) >= 11 is 0. The van der Waals surface area contributed by atoms with Crippen molar-refractivity contribution in [3.05, 3.63) is 53.2 Å². The zero-order chi connectivity index (χ0) is 24.7. The van der Waals surface area contributed by atoms with E-state index in [4.69, 9.17) is 10.5 Å². The fraction of sp³-hybridized carbons (Fsp3) is 0.409. The van der Waals surface area contributed by atoms with Crippen molar-refractivity contribution in [1.82, 2.24) is 9.97 Å². The second-order valence-corrected chi connectivity index (χ2v) is 10.8. The smallest absolute Gasteiger partial charge is 0.232 e. The molecule has 2 bridgehead atoms. The molecule has 0 saturated carbocycles. The second-order valence-electron chi connectivity index (χ2n) is 8.35. The fourth-order valence-corrected chi connectivity index (χ4v) is 7.21. The minimum Gasteiger partial charge on any atom is -0.474 e. The topological polar surface area (TPSA) is 108 Å². The lowest BCUT2D eigenvalue weighted by atomic mass is 9.86. The van der Waals surface area contributed by atoms with Gasteiger partial charge in [-0.2, -0.15) is 0 Å². The third-order valence-electron chi connectivity index (χ3n) is 6.42. The van der Waals surface area contributed by atoms with Crippen LogP contribution in [0.4, 0.5) is 17.6 Å². The molecule has 2 aromatic rings. The number of aromatic nitrogens is 2. The summed E-state index contributed by atoms with van der Waals surface area (Å²) in [5.41, 5.74) is 4.28. The number of benzene rings is 1. The molecule has 3 heterocycles. The third-order valence-corrected chi connectivity index (χ3v) is 9.48. The van der Waals surface area contributed by atoms with Gasteiger partial charge in [0.15, 0.2) is 20.4 Å². The Bertz CT molecular complexity index is 1270. The van der Waals surface area contributed by atoms with Crippen LogP contribution in [-0.2, 0) is 15.4 Å². The van der Waals surface area contributed by atoms with Gasteiger partial charge in [-0.15, -0.1) is 0 Å². The third kappa shape index (κ3) is 3.64. The van der Waals surface area contributed by atoms with Crippen molar-refractivity contribution in [3.8, 4) is 5.88 Å². The first-order valence-corrected chi connectivity index (χ1v) is 12.0. The summed E-state index contributed by atoms with van der Waals surface area (Å²) in [6.45, 7) is -0.693. The van der Waals surface area contributed by atoms with E-state index in [1.54, 1.807) is 0 Å². The van der Waals surface area contributed by atoms with E-state index in [0.717, 1.165) is 24.5 Å². The van der Waals surface area contributed by atoms with Crippen LogP contribution in [0.3, 0.4) is 0 Å². The number of hydrogen-bond donors (Lipinski definition) is 1. The highest BCUT2D eigenvalue weighted by Gasteiger charge is 2.65. The monoisotopic (exact) mass is 498 g/mol. The van der Waals surface area contributed by atoms with Crippen LogP contribution in [0.5, 0.6) is 5.88 Å². The van der Waals surface area contributed by atoms with Gasteiger partial charge >= 0.3 is 0 Å². The summed E-state index contributed by atoms with van der Waals surface area (Å²) in [7, 11) is -4.09. The zero-order valence-electron chi connectivity index (χ0n) is 18.1. The van der Waals surface area contributed by atoms with Gasteiger partial charge in [-0.05, 0) is 43.5 Å². The molecule has 4 rings (SSSR count). The van der Waals surface area contributed by atoms with E-state index in [-0.39, 0.29) is 48.0 Å². The van der Waals surface area contributed by atoms with Crippen molar-refractivity contribution in [2.45, 2.75) is 35.3 Å². The molecule has 0 aliphatic carbocycles. The van der Waals surface area contributed by atoms with Gasteiger partial charge in [0.05, 0.1) is 17.6 Å². The predicted molar refractivity (Wildman–Crippen MR) is 119 cm³/mol. The molecule has 1 aromatic heterocycles. The van der Waals surface area contributed by atoms with Gasteiger partial charge in [0.25, 0.3) is 0 Å². The molecule has 12 heteroatoms. The van der Waals surface area contributed by atoms with Crippen molar-refractivity contribution in [2.75, 3.05) is 20.0 Å². The first kappa shape index (κ1) is 24.1. The second kappa shape index (κ2) is 8.64. The Kier molecular flexibility index (Phi) is 6.13. The number of nitrogens with two attached hydrogens (primary N) is 1. The molecule has 2 aliphatic heterocycles. The molecule has 182 valence electrons. The molecule has 3 atom stereocenters. The molecule has 0 unspecified atom stereocenters. The lowest BCUT2D eigenvalue weighted by molar-refractivity contribution is 0.263. The van der Waals surface area contributed by atoms with Crippen LogP contribution in [0.25, 0.3) is 11.9 Å². The van der Waals surface area contributed by atoms with Gasteiger partial charge in [-0.3, -0.25) is 4.99 Å². The molecule has 0 radical (unpaired) electrons. The Labute approximate surface area is 193 Å². The van der Waals surface area contributed by atoms with Crippen LogP contribution < -0.4 is 10.5 Å². The van der Waals surface area contributed by atoms with Crippen LogP contribution in [0, 0.1) is 5.82 Å². The first-order valence-electron chi connectivity index (χ1n) is 10.4. The highest BCUT2D eigenvalue weighted by atomic mass is 32.2. The molecular weight excluding hydrogens is 476 g/mol. The Balaban J connectivity index is 1.71. The molecule has 1 saturated heterocycles. The van der Waals surface area contributed by atoms with Gasteiger partial charge < -0.3 is 10.5 Å². The van der Waals surface area contributed by atoms with E-state index in [9.17, 15) is 26.0 Å². The average Bonchev–Trinajstić information content (AvgIpc) is 3.02. The van der Waals surface area contributed by atoms with Gasteiger partial charge in [-0.25, -0.2) is 35.9 Å². The van der Waals surface area contributed by atoms with Crippen molar-refractivity contribution in [1.29, 1.82) is 0 Å². The van der Waals surface area contributed by atoms with Crippen LogP contribution in [0.2, 0.25) is 0 Å². The Morgan fingerprint density at radius 3 is 2.71 bits per heavy atom. The maximum atomic E-state index is 14.9. The van der Waals surface area contributed by atoms with Crippen molar-refractivity contribution >= 4 is 27.6 Å². The van der Waals surface area contributed by atoms with E-state index in [2.05, 4.69) is 15.0 Å². The molecule has 0 amide bonds. The molecule has 7 nitrogen and oxygen atoms in total. The van der Waals surface area contributed by atoms with E-state index in [1.807, 2.05) is 0 Å². The highest BCUT2D eigenvalue weighted by molar-refractivity contribution is 7.94. The molecule has 34 heavy (non-hydrogen) atoms. The summed E-state index contributed by atoms with van der Waals surface area (Å²) in [6.07, 6.45) is 3.33. The zero-order valence-corrected chi connectivity index (χ0v) is 19.0. The van der Waals surface area contributed by atoms with Gasteiger partial charge in [0.2, 0.25) is 5.88 Å². The SMILES string of the molecule is C[C@]1(c2cc(/C=C(\F)c3cnc(OCCF)cn3)ccc2F)N=C(N)[C@@]2(CF)CC[C@@H]1S2(=O)=O. The van der Waals surface area contributed by atoms with Crippen LogP contribution in [0.1, 0.15) is 36.6 Å². The Morgan fingerprint density at radius 2 is 2.06 bits per heavy atom. The maximum absolute atomic E-state index is 14.9. The number of aliphatic imine (C=N–C) groups is 1. The quantitative estimate of drug-likeness (QED) is 0.587. The van der Waals surface area contributed by atoms with E-state index >= 15 is 0 Å². The maximum Gasteiger partial charge on any atom is 0.232 e.